The molecule has 1 unspecified atom stereocenters. The quantitative estimate of drug-likeness (QED) is 0.744. The van der Waals surface area contributed by atoms with Crippen molar-refractivity contribution in [2.75, 3.05) is 0 Å². The first-order chi connectivity index (χ1) is 9.54. The Hall–Kier alpha value is -1.56. The topological polar surface area (TPSA) is 78.4 Å². The number of carbonyl (C=O) groups is 2. The van der Waals surface area contributed by atoms with Gasteiger partial charge < -0.3 is 15.7 Å². The van der Waals surface area contributed by atoms with Crippen molar-refractivity contribution in [2.24, 2.45) is 5.92 Å². The fourth-order valence-corrected chi connectivity index (χ4v) is 2.52. The number of rotatable bonds is 6. The molecule has 5 nitrogen and oxygen atoms in total. The van der Waals surface area contributed by atoms with E-state index in [1.807, 2.05) is 24.3 Å². The Morgan fingerprint density at radius 2 is 2.15 bits per heavy atom. The molecule has 0 aliphatic heterocycles. The number of benzene rings is 1. The number of carbonyl (C=O) groups excluding carboxylic acids is 1. The summed E-state index contributed by atoms with van der Waals surface area (Å²) in [6, 6.07) is 7.07. The lowest BCUT2D eigenvalue weighted by Crippen LogP contribution is -2.43. The van der Waals surface area contributed by atoms with Gasteiger partial charge in [-0.2, -0.15) is 0 Å². The number of amides is 2. The predicted molar refractivity (Wildman–Crippen MR) is 78.3 cm³/mol. The van der Waals surface area contributed by atoms with E-state index in [9.17, 15) is 9.59 Å². The molecule has 0 radical (unpaired) electrons. The van der Waals surface area contributed by atoms with Crippen molar-refractivity contribution in [1.29, 1.82) is 0 Å². The summed E-state index contributed by atoms with van der Waals surface area (Å²) in [6.07, 6.45) is 1.96. The SMILES string of the molecule is O=C(O)CC(NC(=O)NCc1cccc(Br)c1)C1CC1. The first-order valence-electron chi connectivity index (χ1n) is 6.55. The summed E-state index contributed by atoms with van der Waals surface area (Å²) in [5.74, 6) is -0.572. The van der Waals surface area contributed by atoms with Crippen LogP contribution in [0.5, 0.6) is 0 Å². The van der Waals surface area contributed by atoms with E-state index < -0.39 is 5.97 Å². The van der Waals surface area contributed by atoms with Gasteiger partial charge in [0.15, 0.2) is 0 Å². The summed E-state index contributed by atoms with van der Waals surface area (Å²) in [5.41, 5.74) is 0.982. The maximum atomic E-state index is 11.8. The average Bonchev–Trinajstić information content (AvgIpc) is 3.19. The van der Waals surface area contributed by atoms with E-state index in [1.165, 1.54) is 0 Å². The van der Waals surface area contributed by atoms with Gasteiger partial charge in [-0.3, -0.25) is 4.79 Å². The van der Waals surface area contributed by atoms with E-state index in [2.05, 4.69) is 26.6 Å². The van der Waals surface area contributed by atoms with Crippen LogP contribution >= 0.6 is 15.9 Å². The van der Waals surface area contributed by atoms with Crippen LogP contribution in [0.2, 0.25) is 0 Å². The van der Waals surface area contributed by atoms with E-state index in [1.54, 1.807) is 0 Å². The summed E-state index contributed by atoms with van der Waals surface area (Å²) in [6.45, 7) is 0.412. The van der Waals surface area contributed by atoms with Crippen molar-refractivity contribution < 1.29 is 14.7 Å². The standard InChI is InChI=1S/C14H17BrN2O3/c15-11-3-1-2-9(6-11)8-16-14(20)17-12(7-13(18)19)10-4-5-10/h1-3,6,10,12H,4-5,7-8H2,(H,18,19)(H2,16,17,20). The van der Waals surface area contributed by atoms with Crippen molar-refractivity contribution in [1.82, 2.24) is 10.6 Å². The molecule has 108 valence electrons. The lowest BCUT2D eigenvalue weighted by molar-refractivity contribution is -0.137. The van der Waals surface area contributed by atoms with Gasteiger partial charge >= 0.3 is 12.0 Å². The smallest absolute Gasteiger partial charge is 0.315 e. The highest BCUT2D eigenvalue weighted by atomic mass is 79.9. The highest BCUT2D eigenvalue weighted by Crippen LogP contribution is 2.33. The van der Waals surface area contributed by atoms with Crippen LogP contribution in [-0.4, -0.2) is 23.1 Å². The largest absolute Gasteiger partial charge is 0.481 e. The monoisotopic (exact) mass is 340 g/mol. The molecule has 2 rings (SSSR count). The fraction of sp³-hybridized carbons (Fsp3) is 0.429. The molecule has 1 fully saturated rings. The maximum absolute atomic E-state index is 11.8. The number of hydrogen-bond donors (Lipinski definition) is 3. The third-order valence-electron chi connectivity index (χ3n) is 3.24. The molecule has 2 amide bonds. The van der Waals surface area contributed by atoms with Gasteiger partial charge in [-0.15, -0.1) is 0 Å². The Bertz CT molecular complexity index is 503. The van der Waals surface area contributed by atoms with Crippen LogP contribution in [0, 0.1) is 5.92 Å². The number of halogens is 1. The highest BCUT2D eigenvalue weighted by molar-refractivity contribution is 9.10. The number of carboxylic acids is 1. The lowest BCUT2D eigenvalue weighted by atomic mass is 10.1. The zero-order valence-corrected chi connectivity index (χ0v) is 12.5. The molecule has 0 spiro atoms. The van der Waals surface area contributed by atoms with Crippen molar-refractivity contribution in [2.45, 2.75) is 31.8 Å². The number of hydrogen-bond acceptors (Lipinski definition) is 2. The number of nitrogens with one attached hydrogen (secondary N) is 2. The molecule has 1 saturated carbocycles. The first-order valence-corrected chi connectivity index (χ1v) is 7.34. The Kier molecular flexibility index (Phi) is 5.00. The van der Waals surface area contributed by atoms with Crippen LogP contribution in [0.4, 0.5) is 4.79 Å². The third kappa shape index (κ3) is 4.85. The molecule has 0 aromatic heterocycles. The number of aliphatic carboxylic acids is 1. The zero-order chi connectivity index (χ0) is 14.5. The molecule has 1 aliphatic rings. The Morgan fingerprint density at radius 1 is 1.40 bits per heavy atom. The zero-order valence-electron chi connectivity index (χ0n) is 10.9. The van der Waals surface area contributed by atoms with Crippen molar-refractivity contribution in [3.8, 4) is 0 Å². The van der Waals surface area contributed by atoms with E-state index in [-0.39, 0.29) is 18.5 Å². The second kappa shape index (κ2) is 6.74. The van der Waals surface area contributed by atoms with E-state index in [4.69, 9.17) is 5.11 Å². The second-order valence-electron chi connectivity index (χ2n) is 5.00. The molecule has 20 heavy (non-hydrogen) atoms. The molecule has 0 bridgehead atoms. The highest BCUT2D eigenvalue weighted by Gasteiger charge is 2.33. The number of urea groups is 1. The van der Waals surface area contributed by atoms with Gasteiger partial charge in [0, 0.05) is 17.1 Å². The van der Waals surface area contributed by atoms with Crippen LogP contribution in [0.25, 0.3) is 0 Å². The Balaban J connectivity index is 1.80. The van der Waals surface area contributed by atoms with E-state index in [0.29, 0.717) is 12.5 Å². The third-order valence-corrected chi connectivity index (χ3v) is 3.74. The van der Waals surface area contributed by atoms with Gasteiger partial charge in [0.1, 0.15) is 0 Å². The van der Waals surface area contributed by atoms with Gasteiger partial charge in [-0.1, -0.05) is 28.1 Å². The summed E-state index contributed by atoms with van der Waals surface area (Å²) >= 11 is 3.37. The van der Waals surface area contributed by atoms with Gasteiger partial charge in [-0.05, 0) is 36.5 Å². The van der Waals surface area contributed by atoms with Gasteiger partial charge in [-0.25, -0.2) is 4.79 Å². The second-order valence-corrected chi connectivity index (χ2v) is 5.91. The van der Waals surface area contributed by atoms with Crippen LogP contribution in [-0.2, 0) is 11.3 Å². The average molecular weight is 341 g/mol. The summed E-state index contributed by atoms with van der Waals surface area (Å²) < 4.78 is 0.957. The van der Waals surface area contributed by atoms with Gasteiger partial charge in [0.25, 0.3) is 0 Å². The van der Waals surface area contributed by atoms with Crippen molar-refractivity contribution in [3.63, 3.8) is 0 Å². The molecular formula is C14H17BrN2O3. The van der Waals surface area contributed by atoms with Crippen LogP contribution in [0.3, 0.4) is 0 Å². The molecule has 0 saturated heterocycles. The molecule has 1 atom stereocenters. The van der Waals surface area contributed by atoms with Crippen LogP contribution in [0.15, 0.2) is 28.7 Å². The molecule has 6 heteroatoms. The predicted octanol–water partition coefficient (Wildman–Crippen LogP) is 2.50. The molecular weight excluding hydrogens is 324 g/mol. The maximum Gasteiger partial charge on any atom is 0.315 e. The first kappa shape index (κ1) is 14.8. The van der Waals surface area contributed by atoms with Crippen LogP contribution in [0.1, 0.15) is 24.8 Å². The summed E-state index contributed by atoms with van der Waals surface area (Å²) in [7, 11) is 0. The Morgan fingerprint density at radius 3 is 2.75 bits per heavy atom. The molecule has 3 N–H and O–H groups in total. The normalized spacial score (nSPS) is 15.4. The molecule has 0 heterocycles. The van der Waals surface area contributed by atoms with Crippen molar-refractivity contribution >= 4 is 27.9 Å². The number of carboxylic acid groups (broad SMARTS) is 1. The van der Waals surface area contributed by atoms with Crippen molar-refractivity contribution in [3.05, 3.63) is 34.3 Å². The van der Waals surface area contributed by atoms with Gasteiger partial charge in [0.2, 0.25) is 0 Å². The van der Waals surface area contributed by atoms with E-state index >= 15 is 0 Å². The molecule has 1 aromatic rings. The fourth-order valence-electron chi connectivity index (χ4n) is 2.07. The lowest BCUT2D eigenvalue weighted by Gasteiger charge is -2.16. The van der Waals surface area contributed by atoms with Gasteiger partial charge in [0.05, 0.1) is 6.42 Å². The molecule has 1 aliphatic carbocycles. The Labute approximate surface area is 125 Å². The molecule has 1 aromatic carbocycles. The summed E-state index contributed by atoms with van der Waals surface area (Å²) in [4.78, 5) is 22.6. The minimum atomic E-state index is -0.880. The summed E-state index contributed by atoms with van der Waals surface area (Å²) in [5, 5.41) is 14.3. The minimum absolute atomic E-state index is 0.0189. The van der Waals surface area contributed by atoms with Crippen LogP contribution < -0.4 is 10.6 Å². The van der Waals surface area contributed by atoms with E-state index in [0.717, 1.165) is 22.9 Å². The minimum Gasteiger partial charge on any atom is -0.481 e.